The van der Waals surface area contributed by atoms with Crippen molar-refractivity contribution in [3.05, 3.63) is 130 Å². The molecular weight excluding hydrogens is 646 g/mol. The summed E-state index contributed by atoms with van der Waals surface area (Å²) >= 11 is 0. The maximum absolute atomic E-state index is 14.4. The Bertz CT molecular complexity index is 2000. The lowest BCUT2D eigenvalue weighted by Crippen LogP contribution is -2.23. The topological polar surface area (TPSA) is 61.4 Å². The van der Waals surface area contributed by atoms with E-state index < -0.39 is 86.1 Å². The quantitative estimate of drug-likeness (QED) is 0.103. The minimum Gasteiger partial charge on any atom is -0.233 e. The molecule has 0 bridgehead atoms. The molecule has 0 saturated carbocycles. The highest BCUT2D eigenvalue weighted by atomic mass is 19.2. The van der Waals surface area contributed by atoms with Gasteiger partial charge < -0.3 is 0 Å². The van der Waals surface area contributed by atoms with E-state index in [4.69, 9.17) is 0 Å². The standard InChI is InChI=1S/C31H16F10N6/c1-31(2,15-5-3-7-17(42-15)46-11-9-13(44-46)19-21(32)25(36)29(40)26(37)22(19)33)16-6-4-8-18(43-16)47-12-10-14(45-47)20-23(34)27(38)30(41)28(39)24(20)35/h3-12H,1-2H3. The van der Waals surface area contributed by atoms with Crippen LogP contribution in [0.25, 0.3) is 34.2 Å². The summed E-state index contributed by atoms with van der Waals surface area (Å²) in [4.78, 5) is 9.08. The van der Waals surface area contributed by atoms with Crippen molar-refractivity contribution in [2.45, 2.75) is 19.3 Å². The van der Waals surface area contributed by atoms with Gasteiger partial charge in [0.05, 0.1) is 33.9 Å². The zero-order valence-electron chi connectivity index (χ0n) is 23.7. The Hall–Kier alpha value is -5.54. The maximum Gasteiger partial charge on any atom is 0.200 e. The van der Waals surface area contributed by atoms with Crippen LogP contribution in [0.4, 0.5) is 43.9 Å². The van der Waals surface area contributed by atoms with Gasteiger partial charge >= 0.3 is 0 Å². The molecule has 6 nitrogen and oxygen atoms in total. The van der Waals surface area contributed by atoms with Crippen LogP contribution in [-0.2, 0) is 5.41 Å². The molecule has 0 atom stereocenters. The van der Waals surface area contributed by atoms with Crippen LogP contribution in [0.2, 0.25) is 0 Å². The highest BCUT2D eigenvalue weighted by molar-refractivity contribution is 5.62. The largest absolute Gasteiger partial charge is 0.233 e. The first-order valence-corrected chi connectivity index (χ1v) is 13.3. The molecular formula is C31H16F10N6. The van der Waals surface area contributed by atoms with Crippen LogP contribution in [0, 0.1) is 58.2 Å². The Morgan fingerprint density at radius 1 is 0.447 bits per heavy atom. The summed E-state index contributed by atoms with van der Waals surface area (Å²) in [6.07, 6.45) is 2.43. The summed E-state index contributed by atoms with van der Waals surface area (Å²) in [6.45, 7) is 3.47. The van der Waals surface area contributed by atoms with E-state index in [0.29, 0.717) is 11.4 Å². The van der Waals surface area contributed by atoms with Crippen LogP contribution in [0.3, 0.4) is 0 Å². The molecule has 0 N–H and O–H groups in total. The number of benzene rings is 2. The van der Waals surface area contributed by atoms with E-state index in [2.05, 4.69) is 20.2 Å². The zero-order chi connectivity index (χ0) is 33.9. The van der Waals surface area contributed by atoms with Gasteiger partial charge in [-0.05, 0) is 50.2 Å². The molecule has 0 amide bonds. The van der Waals surface area contributed by atoms with Gasteiger partial charge in [0.25, 0.3) is 0 Å². The van der Waals surface area contributed by atoms with Crippen LogP contribution >= 0.6 is 0 Å². The van der Waals surface area contributed by atoms with Crippen molar-refractivity contribution in [3.63, 3.8) is 0 Å². The fourth-order valence-electron chi connectivity index (χ4n) is 4.76. The molecule has 6 aromatic rings. The van der Waals surface area contributed by atoms with Gasteiger partial charge in [-0.15, -0.1) is 0 Å². The number of hydrogen-bond acceptors (Lipinski definition) is 4. The predicted octanol–water partition coefficient (Wildman–Crippen LogP) is 7.90. The van der Waals surface area contributed by atoms with E-state index in [-0.39, 0.29) is 11.6 Å². The third-order valence-electron chi connectivity index (χ3n) is 7.33. The highest BCUT2D eigenvalue weighted by Crippen LogP contribution is 2.34. The number of halogens is 10. The van der Waals surface area contributed by atoms with Crippen LogP contribution in [0.5, 0.6) is 0 Å². The highest BCUT2D eigenvalue weighted by Gasteiger charge is 2.31. The fraction of sp³-hybridized carbons (Fsp3) is 0.0968. The summed E-state index contributed by atoms with van der Waals surface area (Å²) in [5.41, 5.74) is -3.71. The minimum absolute atomic E-state index is 0.112. The van der Waals surface area contributed by atoms with E-state index in [9.17, 15) is 43.9 Å². The smallest absolute Gasteiger partial charge is 0.200 e. The van der Waals surface area contributed by atoms with Crippen molar-refractivity contribution >= 4 is 0 Å². The average molecular weight is 662 g/mol. The van der Waals surface area contributed by atoms with Gasteiger partial charge in [-0.3, -0.25) is 0 Å². The molecule has 16 heteroatoms. The number of aromatic nitrogens is 6. The van der Waals surface area contributed by atoms with Gasteiger partial charge in [-0.25, -0.2) is 63.2 Å². The van der Waals surface area contributed by atoms with Crippen molar-refractivity contribution in [2.75, 3.05) is 0 Å². The van der Waals surface area contributed by atoms with Crippen molar-refractivity contribution in [3.8, 4) is 34.2 Å². The minimum atomic E-state index is -2.30. The molecule has 2 aromatic carbocycles. The van der Waals surface area contributed by atoms with E-state index in [0.717, 1.165) is 21.5 Å². The Morgan fingerprint density at radius 2 is 0.766 bits per heavy atom. The first-order valence-electron chi connectivity index (χ1n) is 13.3. The van der Waals surface area contributed by atoms with Gasteiger partial charge in [0.2, 0.25) is 11.6 Å². The molecule has 0 aliphatic rings. The number of rotatable bonds is 6. The van der Waals surface area contributed by atoms with E-state index >= 15 is 0 Å². The van der Waals surface area contributed by atoms with Gasteiger partial charge in [0.15, 0.2) is 58.2 Å². The Kier molecular flexibility index (Phi) is 7.60. The van der Waals surface area contributed by atoms with Crippen LogP contribution < -0.4 is 0 Å². The Labute approximate surface area is 257 Å². The molecule has 0 aliphatic carbocycles. The lowest BCUT2D eigenvalue weighted by Gasteiger charge is -2.24. The molecule has 0 fully saturated rings. The lowest BCUT2D eigenvalue weighted by atomic mass is 9.84. The van der Waals surface area contributed by atoms with Crippen LogP contribution in [0.15, 0.2) is 60.9 Å². The average Bonchev–Trinajstić information content (AvgIpc) is 3.76. The van der Waals surface area contributed by atoms with Crippen molar-refractivity contribution in [2.24, 2.45) is 0 Å². The van der Waals surface area contributed by atoms with E-state index in [1.165, 1.54) is 24.5 Å². The van der Waals surface area contributed by atoms with Crippen molar-refractivity contribution < 1.29 is 43.9 Å². The second-order valence-electron chi connectivity index (χ2n) is 10.6. The van der Waals surface area contributed by atoms with Gasteiger partial charge in [0.1, 0.15) is 0 Å². The van der Waals surface area contributed by atoms with Crippen LogP contribution in [-0.4, -0.2) is 29.5 Å². The normalized spacial score (nSPS) is 11.8. The molecule has 0 saturated heterocycles. The number of pyridine rings is 2. The van der Waals surface area contributed by atoms with Crippen molar-refractivity contribution in [1.29, 1.82) is 0 Å². The third-order valence-corrected chi connectivity index (χ3v) is 7.33. The van der Waals surface area contributed by atoms with Gasteiger partial charge in [-0.1, -0.05) is 12.1 Å². The SMILES string of the molecule is CC(C)(c1cccc(-n2ccc(-c3c(F)c(F)c(F)c(F)c3F)n2)n1)c1cccc(-n2ccc(-c3c(F)c(F)c(F)c(F)c3F)n2)n1. The second kappa shape index (κ2) is 11.4. The number of nitrogens with zero attached hydrogens (tertiary/aromatic N) is 6. The maximum atomic E-state index is 14.4. The van der Waals surface area contributed by atoms with Gasteiger partial charge in [0, 0.05) is 17.8 Å². The third kappa shape index (κ3) is 5.09. The first kappa shape index (κ1) is 31.4. The Balaban J connectivity index is 1.33. The molecule has 0 radical (unpaired) electrons. The molecule has 0 spiro atoms. The van der Waals surface area contributed by atoms with E-state index in [1.54, 1.807) is 38.1 Å². The molecule has 240 valence electrons. The molecule has 4 aromatic heterocycles. The second-order valence-corrected chi connectivity index (χ2v) is 10.6. The zero-order valence-corrected chi connectivity index (χ0v) is 23.7. The van der Waals surface area contributed by atoms with Gasteiger partial charge in [-0.2, -0.15) is 10.2 Å². The van der Waals surface area contributed by atoms with Crippen molar-refractivity contribution in [1.82, 2.24) is 29.5 Å². The van der Waals surface area contributed by atoms with E-state index in [1.807, 2.05) is 0 Å². The summed E-state index contributed by atoms with van der Waals surface area (Å²) in [7, 11) is 0. The predicted molar refractivity (Wildman–Crippen MR) is 145 cm³/mol. The number of hydrogen-bond donors (Lipinski definition) is 0. The molecule has 4 heterocycles. The molecule has 0 aliphatic heterocycles. The summed E-state index contributed by atoms with van der Waals surface area (Å²) < 4.78 is 142. The fourth-order valence-corrected chi connectivity index (χ4v) is 4.76. The molecule has 0 unspecified atom stereocenters. The summed E-state index contributed by atoms with van der Waals surface area (Å²) in [5.74, 6) is -21.0. The summed E-state index contributed by atoms with van der Waals surface area (Å²) in [5, 5.41) is 7.92. The first-order chi connectivity index (χ1) is 22.2. The van der Waals surface area contributed by atoms with Crippen LogP contribution in [0.1, 0.15) is 25.2 Å². The monoisotopic (exact) mass is 662 g/mol. The lowest BCUT2D eigenvalue weighted by molar-refractivity contribution is 0.381. The molecule has 47 heavy (non-hydrogen) atoms. The summed E-state index contributed by atoms with van der Waals surface area (Å²) in [6, 6.07) is 11.5. The molecule has 6 rings (SSSR count). The Morgan fingerprint density at radius 3 is 1.11 bits per heavy atom.